The van der Waals surface area contributed by atoms with E-state index in [4.69, 9.17) is 10.2 Å². The quantitative estimate of drug-likeness (QED) is 0.660. The van der Waals surface area contributed by atoms with Gasteiger partial charge < -0.3 is 15.5 Å². The van der Waals surface area contributed by atoms with Crippen molar-refractivity contribution in [3.05, 3.63) is 0 Å². The summed E-state index contributed by atoms with van der Waals surface area (Å²) in [5.41, 5.74) is -0.368. The van der Waals surface area contributed by atoms with Gasteiger partial charge in [-0.2, -0.15) is 0 Å². The first-order valence-electron chi connectivity index (χ1n) is 5.99. The zero-order valence-electron chi connectivity index (χ0n) is 10.4. The van der Waals surface area contributed by atoms with Crippen molar-refractivity contribution < 1.29 is 19.8 Å². The summed E-state index contributed by atoms with van der Waals surface area (Å²) in [5.74, 6) is -2.05. The van der Waals surface area contributed by atoms with Crippen molar-refractivity contribution in [3.8, 4) is 0 Å². The lowest BCUT2D eigenvalue weighted by Crippen LogP contribution is -2.41. The highest BCUT2D eigenvalue weighted by Gasteiger charge is 2.37. The molecule has 1 amide bonds. The van der Waals surface area contributed by atoms with Gasteiger partial charge in [-0.3, -0.25) is 9.59 Å². The van der Waals surface area contributed by atoms with E-state index in [1.165, 1.54) is 0 Å². The molecule has 1 rings (SSSR count). The monoisotopic (exact) mass is 243 g/mol. The number of hydrogen-bond donors (Lipinski definition) is 3. The summed E-state index contributed by atoms with van der Waals surface area (Å²) in [6.07, 6.45) is 2.01. The molecule has 98 valence electrons. The normalized spacial score (nSPS) is 24.6. The topological polar surface area (TPSA) is 86.6 Å². The van der Waals surface area contributed by atoms with E-state index in [2.05, 4.69) is 5.32 Å². The number of hydrogen-bond acceptors (Lipinski definition) is 3. The number of nitrogens with one attached hydrogen (secondary N) is 1. The predicted octanol–water partition coefficient (Wildman–Crippen LogP) is 0.622. The Morgan fingerprint density at radius 3 is 2.41 bits per heavy atom. The van der Waals surface area contributed by atoms with Crippen molar-refractivity contribution in [1.82, 2.24) is 5.32 Å². The molecule has 3 N–H and O–H groups in total. The van der Waals surface area contributed by atoms with E-state index in [0.717, 1.165) is 6.42 Å². The highest BCUT2D eigenvalue weighted by molar-refractivity contribution is 5.85. The fourth-order valence-corrected chi connectivity index (χ4v) is 2.08. The van der Waals surface area contributed by atoms with Crippen molar-refractivity contribution in [2.75, 3.05) is 13.2 Å². The largest absolute Gasteiger partial charge is 0.481 e. The van der Waals surface area contributed by atoms with Gasteiger partial charge in [-0.05, 0) is 12.8 Å². The number of aliphatic hydroxyl groups excluding tert-OH is 1. The number of amides is 1. The zero-order valence-corrected chi connectivity index (χ0v) is 10.4. The van der Waals surface area contributed by atoms with Gasteiger partial charge >= 0.3 is 5.97 Å². The average molecular weight is 243 g/mol. The molecule has 0 heterocycles. The second-order valence-corrected chi connectivity index (χ2v) is 5.52. The molecular weight excluding hydrogens is 222 g/mol. The molecule has 5 heteroatoms. The van der Waals surface area contributed by atoms with Gasteiger partial charge in [0, 0.05) is 18.6 Å². The van der Waals surface area contributed by atoms with E-state index in [-0.39, 0.29) is 17.9 Å². The minimum absolute atomic E-state index is 0.0136. The number of aliphatic hydroxyl groups is 1. The minimum atomic E-state index is -0.885. The average Bonchev–Trinajstić information content (AvgIpc) is 2.75. The highest BCUT2D eigenvalue weighted by Crippen LogP contribution is 2.32. The first kappa shape index (κ1) is 14.0. The van der Waals surface area contributed by atoms with Crippen molar-refractivity contribution in [2.45, 2.75) is 33.1 Å². The molecule has 0 spiro atoms. The van der Waals surface area contributed by atoms with Gasteiger partial charge in [-0.15, -0.1) is 0 Å². The number of carboxylic acids is 1. The first-order chi connectivity index (χ1) is 7.87. The molecule has 0 saturated heterocycles. The van der Waals surface area contributed by atoms with Crippen LogP contribution in [0.25, 0.3) is 0 Å². The number of carbonyl (C=O) groups is 2. The molecule has 0 aliphatic heterocycles. The van der Waals surface area contributed by atoms with Gasteiger partial charge in [0.1, 0.15) is 0 Å². The summed E-state index contributed by atoms with van der Waals surface area (Å²) in [4.78, 5) is 22.8. The van der Waals surface area contributed by atoms with Crippen LogP contribution in [0.15, 0.2) is 0 Å². The van der Waals surface area contributed by atoms with Crippen molar-refractivity contribution >= 4 is 11.9 Å². The van der Waals surface area contributed by atoms with Crippen LogP contribution in [0.4, 0.5) is 0 Å². The lowest BCUT2D eigenvalue weighted by atomic mass is 9.92. The molecule has 0 aromatic heterocycles. The van der Waals surface area contributed by atoms with E-state index in [1.54, 1.807) is 0 Å². The Hall–Kier alpha value is -1.10. The fraction of sp³-hybridized carbons (Fsp3) is 0.833. The van der Waals surface area contributed by atoms with Crippen LogP contribution in [0.3, 0.4) is 0 Å². The highest BCUT2D eigenvalue weighted by atomic mass is 16.4. The third-order valence-corrected chi connectivity index (χ3v) is 3.34. The number of rotatable bonds is 5. The summed E-state index contributed by atoms with van der Waals surface area (Å²) >= 11 is 0. The number of carboxylic acid groups (broad SMARTS) is 1. The number of aliphatic carboxylic acids is 1. The third kappa shape index (κ3) is 3.70. The van der Waals surface area contributed by atoms with Gasteiger partial charge in [0.25, 0.3) is 0 Å². The summed E-state index contributed by atoms with van der Waals surface area (Å²) in [6.45, 7) is 4.04. The lowest BCUT2D eigenvalue weighted by Gasteiger charge is -2.24. The maximum atomic E-state index is 11.9. The Morgan fingerprint density at radius 1 is 1.29 bits per heavy atom. The van der Waals surface area contributed by atoms with E-state index in [1.807, 2.05) is 13.8 Å². The molecule has 5 nitrogen and oxygen atoms in total. The van der Waals surface area contributed by atoms with E-state index in [0.29, 0.717) is 19.4 Å². The predicted molar refractivity (Wildman–Crippen MR) is 62.3 cm³/mol. The molecule has 0 aromatic carbocycles. The molecule has 1 aliphatic rings. The molecule has 2 unspecified atom stereocenters. The van der Waals surface area contributed by atoms with Gasteiger partial charge in [0.2, 0.25) is 5.91 Å². The van der Waals surface area contributed by atoms with Crippen LogP contribution in [0.2, 0.25) is 0 Å². The molecule has 0 bridgehead atoms. The Morgan fingerprint density at radius 2 is 1.88 bits per heavy atom. The molecule has 1 fully saturated rings. The molecule has 17 heavy (non-hydrogen) atoms. The first-order valence-corrected chi connectivity index (χ1v) is 5.99. The molecule has 0 aromatic rings. The summed E-state index contributed by atoms with van der Waals surface area (Å²) < 4.78 is 0. The molecule has 1 aliphatic carbocycles. The Labute approximate surface area is 101 Å². The summed E-state index contributed by atoms with van der Waals surface area (Å²) in [6, 6.07) is 0. The van der Waals surface area contributed by atoms with Crippen molar-refractivity contribution in [2.24, 2.45) is 17.3 Å². The van der Waals surface area contributed by atoms with Crippen LogP contribution >= 0.6 is 0 Å². The van der Waals surface area contributed by atoms with Crippen molar-refractivity contribution in [1.29, 1.82) is 0 Å². The fourth-order valence-electron chi connectivity index (χ4n) is 2.08. The van der Waals surface area contributed by atoms with Gasteiger partial charge in [0.15, 0.2) is 0 Å². The lowest BCUT2D eigenvalue weighted by molar-refractivity contribution is -0.146. The Bertz CT molecular complexity index is 301. The van der Waals surface area contributed by atoms with Crippen LogP contribution in [-0.4, -0.2) is 35.2 Å². The molecular formula is C12H21NO4. The van der Waals surface area contributed by atoms with Crippen LogP contribution in [0.5, 0.6) is 0 Å². The molecule has 1 saturated carbocycles. The van der Waals surface area contributed by atoms with Crippen molar-refractivity contribution in [3.63, 3.8) is 0 Å². The van der Waals surface area contributed by atoms with E-state index < -0.39 is 17.8 Å². The van der Waals surface area contributed by atoms with Crippen LogP contribution in [-0.2, 0) is 9.59 Å². The third-order valence-electron chi connectivity index (χ3n) is 3.34. The standard InChI is InChI=1S/C12H21NO4/c1-12(2,7-14)6-13-10(15)8-4-3-5-9(8)11(16)17/h8-9,14H,3-7H2,1-2H3,(H,13,15)(H,16,17). The Balaban J connectivity index is 2.50. The second kappa shape index (κ2) is 5.49. The maximum absolute atomic E-state index is 11.9. The Kier molecular flexibility index (Phi) is 4.51. The zero-order chi connectivity index (χ0) is 13.1. The van der Waals surface area contributed by atoms with Crippen LogP contribution < -0.4 is 5.32 Å². The number of carbonyl (C=O) groups excluding carboxylic acids is 1. The van der Waals surface area contributed by atoms with Gasteiger partial charge in [-0.1, -0.05) is 20.3 Å². The van der Waals surface area contributed by atoms with Crippen LogP contribution in [0, 0.1) is 17.3 Å². The van der Waals surface area contributed by atoms with Crippen LogP contribution in [0.1, 0.15) is 33.1 Å². The summed E-state index contributed by atoms with van der Waals surface area (Å²) in [7, 11) is 0. The van der Waals surface area contributed by atoms with E-state index in [9.17, 15) is 9.59 Å². The van der Waals surface area contributed by atoms with Gasteiger partial charge in [-0.25, -0.2) is 0 Å². The maximum Gasteiger partial charge on any atom is 0.307 e. The molecule has 2 atom stereocenters. The minimum Gasteiger partial charge on any atom is -0.481 e. The second-order valence-electron chi connectivity index (χ2n) is 5.52. The molecule has 0 radical (unpaired) electrons. The van der Waals surface area contributed by atoms with Gasteiger partial charge in [0.05, 0.1) is 11.8 Å². The summed E-state index contributed by atoms with van der Waals surface area (Å²) in [5, 5.41) is 20.8. The smallest absolute Gasteiger partial charge is 0.307 e. The SMILES string of the molecule is CC(C)(CO)CNC(=O)C1CCCC1C(=O)O. The van der Waals surface area contributed by atoms with E-state index >= 15 is 0 Å².